The maximum absolute atomic E-state index is 10.7. The van der Waals surface area contributed by atoms with Gasteiger partial charge >= 0.3 is 5.97 Å². The van der Waals surface area contributed by atoms with Crippen molar-refractivity contribution in [3.05, 3.63) is 35.5 Å². The van der Waals surface area contributed by atoms with Crippen molar-refractivity contribution in [2.24, 2.45) is 28.6 Å². The number of fused-ring (bicyclic) bond motifs is 1. The highest BCUT2D eigenvalue weighted by molar-refractivity contribution is 14.1. The Balaban J connectivity index is 0.00000160. The van der Waals surface area contributed by atoms with Gasteiger partial charge in [-0.25, -0.2) is 0 Å². The van der Waals surface area contributed by atoms with E-state index in [1.807, 2.05) is 0 Å². The van der Waals surface area contributed by atoms with Crippen molar-refractivity contribution in [1.82, 2.24) is 0 Å². The van der Waals surface area contributed by atoms with Gasteiger partial charge in [0.15, 0.2) is 0 Å². The number of rotatable bonds is 7. The third kappa shape index (κ3) is 16.9. The fourth-order valence-corrected chi connectivity index (χ4v) is 6.69. The van der Waals surface area contributed by atoms with E-state index >= 15 is 0 Å². The van der Waals surface area contributed by atoms with E-state index in [1.165, 1.54) is 31.3 Å². The molecule has 0 spiro atoms. The topological polar surface area (TPSA) is 134 Å². The van der Waals surface area contributed by atoms with Gasteiger partial charge in [-0.15, -0.1) is 5.92 Å². The fourth-order valence-electron chi connectivity index (χ4n) is 6.69. The Labute approximate surface area is 292 Å². The van der Waals surface area contributed by atoms with E-state index in [2.05, 4.69) is 75.2 Å². The Morgan fingerprint density at radius 3 is 2.24 bits per heavy atom. The van der Waals surface area contributed by atoms with Crippen LogP contribution in [0.25, 0.3) is 0 Å². The minimum absolute atomic E-state index is 0.0593. The Kier molecular flexibility index (Phi) is 20.5. The van der Waals surface area contributed by atoms with Crippen LogP contribution in [0, 0.1) is 40.4 Å². The van der Waals surface area contributed by atoms with Crippen LogP contribution in [0.15, 0.2) is 35.5 Å². The van der Waals surface area contributed by atoms with Crippen molar-refractivity contribution in [1.29, 1.82) is 0 Å². The molecule has 264 valence electrons. The summed E-state index contributed by atoms with van der Waals surface area (Å²) in [6, 6.07) is 0. The quantitative estimate of drug-likeness (QED) is 0.116. The first-order valence-corrected chi connectivity index (χ1v) is 17.2. The molecule has 3 fully saturated rings. The molecular formula is C37H61IO8. The lowest BCUT2D eigenvalue weighted by atomic mass is 9.61. The van der Waals surface area contributed by atoms with Crippen molar-refractivity contribution in [2.45, 2.75) is 131 Å². The number of aliphatic hydroxyl groups is 2. The first kappa shape index (κ1) is 44.3. The van der Waals surface area contributed by atoms with Crippen LogP contribution in [-0.4, -0.2) is 64.4 Å². The minimum atomic E-state index is -0.933. The standard InChI is InChI=1S/C30H44O5.C5H12.CH3IO.CH2O2/c1-20(8-6-17-29(3,4)34)24-13-14-25-23(9-7-18-30(24,25)5)11-10-22-12-15-26(28(33)21(22)2)35-19-16-27(31)32;1-5(2,3)4;1-3-2;2-1-3/h10-11,20,24-26,28,33-34H,2,7-9,12-16,18-19H2,1,3-5H3,(H,31,32);1-4H3;1H3;1H,(H,2,3)/b22-10-,23-11+;;;/t20-,24?,25?,26?,28?,30?;;;/m1.../s1. The summed E-state index contributed by atoms with van der Waals surface area (Å²) < 4.78 is 9.83. The summed E-state index contributed by atoms with van der Waals surface area (Å²) in [4.78, 5) is 19.1. The maximum Gasteiger partial charge on any atom is 0.305 e. The summed E-state index contributed by atoms with van der Waals surface area (Å²) >= 11 is 1.79. The van der Waals surface area contributed by atoms with Crippen molar-refractivity contribution < 1.29 is 37.8 Å². The molecule has 3 aliphatic rings. The summed E-state index contributed by atoms with van der Waals surface area (Å²) in [6.07, 6.45) is 11.5. The van der Waals surface area contributed by atoms with E-state index in [0.29, 0.717) is 35.2 Å². The molecule has 0 radical (unpaired) electrons. The maximum atomic E-state index is 10.7. The third-order valence-electron chi connectivity index (χ3n) is 8.51. The molecule has 0 heterocycles. The van der Waals surface area contributed by atoms with Crippen LogP contribution in [0.2, 0.25) is 0 Å². The van der Waals surface area contributed by atoms with Crippen molar-refractivity contribution in [3.8, 4) is 11.8 Å². The van der Waals surface area contributed by atoms with Crippen molar-refractivity contribution >= 4 is 35.4 Å². The number of aliphatic carboxylic acids is 1. The zero-order chi connectivity index (χ0) is 35.7. The molecule has 9 heteroatoms. The normalized spacial score (nSPS) is 28.1. The SMILES string of the molecule is C=C1/C(=C\C=C2/CCCC3(C)C2CCC3[C@H](C)CC#CC(C)(C)O)CCC(OCCC(=O)O)C1O.CC(C)(C)C.COI.O=CO. The highest BCUT2D eigenvalue weighted by Crippen LogP contribution is 2.59. The van der Waals surface area contributed by atoms with Gasteiger partial charge in [0, 0.05) is 13.5 Å². The van der Waals surface area contributed by atoms with Gasteiger partial charge < -0.3 is 28.2 Å². The summed E-state index contributed by atoms with van der Waals surface area (Å²) in [5.41, 5.74) is 3.13. The lowest BCUT2D eigenvalue weighted by Crippen LogP contribution is -2.36. The van der Waals surface area contributed by atoms with E-state index in [-0.39, 0.29) is 31.0 Å². The third-order valence-corrected chi connectivity index (χ3v) is 8.51. The molecule has 0 bridgehead atoms. The van der Waals surface area contributed by atoms with Gasteiger partial charge in [-0.2, -0.15) is 0 Å². The van der Waals surface area contributed by atoms with Crippen LogP contribution >= 0.6 is 23.0 Å². The molecule has 8 nitrogen and oxygen atoms in total. The van der Waals surface area contributed by atoms with Crippen LogP contribution in [-0.2, 0) is 17.4 Å². The number of carboxylic acids is 1. The Morgan fingerprint density at radius 2 is 1.72 bits per heavy atom. The Bertz CT molecular complexity index is 1070. The van der Waals surface area contributed by atoms with E-state index in [0.717, 1.165) is 24.8 Å². The fraction of sp³-hybridized carbons (Fsp3) is 0.730. The molecule has 3 aliphatic carbocycles. The second-order valence-corrected chi connectivity index (χ2v) is 15.8. The van der Waals surface area contributed by atoms with Gasteiger partial charge in [0.05, 0.1) is 19.1 Å². The monoisotopic (exact) mass is 760 g/mol. The van der Waals surface area contributed by atoms with Gasteiger partial charge in [0.1, 0.15) is 34.7 Å². The molecule has 0 aromatic rings. The zero-order valence-corrected chi connectivity index (χ0v) is 31.9. The minimum Gasteiger partial charge on any atom is -0.483 e. The first-order chi connectivity index (χ1) is 21.2. The number of carbonyl (C=O) groups is 2. The molecule has 5 unspecified atom stereocenters. The van der Waals surface area contributed by atoms with E-state index in [4.69, 9.17) is 19.7 Å². The highest BCUT2D eigenvalue weighted by atomic mass is 127. The number of carboxylic acid groups (broad SMARTS) is 2. The van der Waals surface area contributed by atoms with Gasteiger partial charge in [-0.05, 0) is 98.5 Å². The smallest absolute Gasteiger partial charge is 0.305 e. The van der Waals surface area contributed by atoms with Gasteiger partial charge in [0.25, 0.3) is 6.47 Å². The zero-order valence-electron chi connectivity index (χ0n) is 29.7. The molecule has 4 N–H and O–H groups in total. The summed E-state index contributed by atoms with van der Waals surface area (Å²) in [7, 11) is 1.61. The average Bonchev–Trinajstić information content (AvgIpc) is 3.27. The second kappa shape index (κ2) is 21.3. The van der Waals surface area contributed by atoms with Gasteiger partial charge in [-0.1, -0.05) is 71.8 Å². The number of allylic oxidation sites excluding steroid dienone is 3. The summed E-state index contributed by atoms with van der Waals surface area (Å²) in [5.74, 6) is 7.03. The summed E-state index contributed by atoms with van der Waals surface area (Å²) in [5, 5.41) is 36.3. The molecule has 3 saturated carbocycles. The van der Waals surface area contributed by atoms with E-state index in [9.17, 15) is 15.0 Å². The second-order valence-electron chi connectivity index (χ2n) is 14.9. The van der Waals surface area contributed by atoms with Crippen LogP contribution in [0.4, 0.5) is 0 Å². The number of halogens is 1. The molecule has 0 aromatic heterocycles. The van der Waals surface area contributed by atoms with Crippen molar-refractivity contribution in [2.75, 3.05) is 13.7 Å². The average molecular weight is 761 g/mol. The molecule has 0 aromatic carbocycles. The van der Waals surface area contributed by atoms with Gasteiger partial charge in [0.2, 0.25) is 0 Å². The lowest BCUT2D eigenvalue weighted by molar-refractivity contribution is -0.139. The van der Waals surface area contributed by atoms with E-state index < -0.39 is 17.7 Å². The predicted octanol–water partition coefficient (Wildman–Crippen LogP) is 8.16. The van der Waals surface area contributed by atoms with Crippen LogP contribution in [0.3, 0.4) is 0 Å². The molecular weight excluding hydrogens is 699 g/mol. The van der Waals surface area contributed by atoms with E-state index in [1.54, 1.807) is 44.0 Å². The first-order valence-electron chi connectivity index (χ1n) is 16.3. The molecule has 6 atom stereocenters. The molecule has 0 amide bonds. The van der Waals surface area contributed by atoms with Crippen LogP contribution in [0.5, 0.6) is 0 Å². The Morgan fingerprint density at radius 1 is 1.15 bits per heavy atom. The molecule has 0 aliphatic heterocycles. The largest absolute Gasteiger partial charge is 0.483 e. The van der Waals surface area contributed by atoms with Crippen LogP contribution in [0.1, 0.15) is 113 Å². The number of hydrogen-bond acceptors (Lipinski definition) is 6. The van der Waals surface area contributed by atoms with Crippen molar-refractivity contribution in [3.63, 3.8) is 0 Å². The molecule has 0 saturated heterocycles. The predicted molar refractivity (Wildman–Crippen MR) is 193 cm³/mol. The molecule has 3 rings (SSSR count). The lowest BCUT2D eigenvalue weighted by Gasteiger charge is -2.44. The number of aliphatic hydroxyl groups excluding tert-OH is 1. The Hall–Kier alpha value is -1.71. The number of ether oxygens (including phenoxy) is 1. The van der Waals surface area contributed by atoms with Crippen LogP contribution < -0.4 is 0 Å². The summed E-state index contributed by atoms with van der Waals surface area (Å²) in [6.45, 7) is 21.0. The molecule has 46 heavy (non-hydrogen) atoms. The van der Waals surface area contributed by atoms with Gasteiger partial charge in [-0.3, -0.25) is 9.59 Å². The highest BCUT2D eigenvalue weighted by Gasteiger charge is 2.50. The number of hydrogen-bond donors (Lipinski definition) is 4.